The van der Waals surface area contributed by atoms with Crippen molar-refractivity contribution in [1.82, 2.24) is 40.1 Å². The second-order valence-electron chi connectivity index (χ2n) is 9.73. The number of halogens is 1. The van der Waals surface area contributed by atoms with Crippen LogP contribution in [0.3, 0.4) is 0 Å². The number of fused-ring (bicyclic) bond motifs is 2. The highest BCUT2D eigenvalue weighted by molar-refractivity contribution is 7.09. The Bertz CT molecular complexity index is 1630. The molecule has 0 fully saturated rings. The van der Waals surface area contributed by atoms with E-state index in [9.17, 15) is 9.18 Å². The Hall–Kier alpha value is -4.48. The van der Waals surface area contributed by atoms with E-state index in [1.165, 1.54) is 29.7 Å². The summed E-state index contributed by atoms with van der Waals surface area (Å²) in [6.45, 7) is 2.41. The predicted octanol–water partition coefficient (Wildman–Crippen LogP) is 4.69. The number of carbonyl (C=O) groups is 1. The van der Waals surface area contributed by atoms with Crippen LogP contribution in [0.4, 0.5) is 4.39 Å². The maximum absolute atomic E-state index is 13.8. The highest BCUT2D eigenvalue weighted by Gasteiger charge is 2.15. The molecule has 0 unspecified atom stereocenters. The molecule has 6 aromatic rings. The van der Waals surface area contributed by atoms with Gasteiger partial charge in [-0.3, -0.25) is 9.78 Å². The fourth-order valence-corrected chi connectivity index (χ4v) is 5.47. The van der Waals surface area contributed by atoms with Gasteiger partial charge in [0.15, 0.2) is 0 Å². The quantitative estimate of drug-likeness (QED) is 0.197. The summed E-state index contributed by atoms with van der Waals surface area (Å²) in [5.74, 6) is 1.12. The number of H-pyrrole nitrogens is 2. The van der Waals surface area contributed by atoms with Crippen molar-refractivity contribution in [3.63, 3.8) is 0 Å². The molecule has 3 N–H and O–H groups in total. The molecule has 0 aliphatic rings. The molecule has 0 bridgehead atoms. The van der Waals surface area contributed by atoms with Gasteiger partial charge in [0, 0.05) is 50.5 Å². The Morgan fingerprint density at radius 3 is 2.10 bits per heavy atom. The van der Waals surface area contributed by atoms with Crippen LogP contribution in [0, 0.1) is 5.82 Å². The van der Waals surface area contributed by atoms with E-state index in [2.05, 4.69) is 30.2 Å². The Morgan fingerprint density at radius 1 is 0.829 bits per heavy atom. The van der Waals surface area contributed by atoms with Crippen molar-refractivity contribution in [2.45, 2.75) is 25.8 Å². The molecule has 41 heavy (non-hydrogen) atoms. The van der Waals surface area contributed by atoms with Gasteiger partial charge in [0.2, 0.25) is 0 Å². The molecular weight excluding hydrogens is 539 g/mol. The fraction of sp³-hybridized carbons (Fsp3) is 0.233. The van der Waals surface area contributed by atoms with E-state index < -0.39 is 5.82 Å². The molecule has 9 nitrogen and oxygen atoms in total. The van der Waals surface area contributed by atoms with Gasteiger partial charge in [0.1, 0.15) is 23.2 Å². The van der Waals surface area contributed by atoms with Crippen LogP contribution in [0.25, 0.3) is 22.1 Å². The first-order chi connectivity index (χ1) is 20.1. The third-order valence-electron chi connectivity index (χ3n) is 6.88. The summed E-state index contributed by atoms with van der Waals surface area (Å²) in [6.07, 6.45) is 3.77. The zero-order valence-electron chi connectivity index (χ0n) is 22.3. The molecule has 0 spiro atoms. The molecule has 2 aromatic carbocycles. The van der Waals surface area contributed by atoms with E-state index in [1.54, 1.807) is 5.38 Å². The van der Waals surface area contributed by atoms with Crippen LogP contribution in [0.2, 0.25) is 0 Å². The summed E-state index contributed by atoms with van der Waals surface area (Å²) >= 11 is 1.45. The first-order valence-corrected chi connectivity index (χ1v) is 14.4. The van der Waals surface area contributed by atoms with Crippen LogP contribution >= 0.6 is 11.3 Å². The largest absolute Gasteiger partial charge is 0.345 e. The van der Waals surface area contributed by atoms with Gasteiger partial charge in [-0.2, -0.15) is 0 Å². The van der Waals surface area contributed by atoms with Crippen molar-refractivity contribution in [1.29, 1.82) is 0 Å². The molecule has 4 aromatic heterocycles. The molecule has 0 saturated carbocycles. The van der Waals surface area contributed by atoms with Gasteiger partial charge < -0.3 is 20.2 Å². The number of hydrogen-bond acceptors (Lipinski definition) is 7. The molecule has 0 atom stereocenters. The summed E-state index contributed by atoms with van der Waals surface area (Å²) in [4.78, 5) is 39.8. The minimum Gasteiger partial charge on any atom is -0.345 e. The maximum atomic E-state index is 13.8. The predicted molar refractivity (Wildman–Crippen MR) is 157 cm³/mol. The lowest BCUT2D eigenvalue weighted by molar-refractivity contribution is 0.0945. The van der Waals surface area contributed by atoms with Crippen molar-refractivity contribution >= 4 is 39.3 Å². The Kier molecular flexibility index (Phi) is 8.06. The Balaban J connectivity index is 1.08. The Morgan fingerprint density at radius 2 is 1.46 bits per heavy atom. The lowest BCUT2D eigenvalue weighted by Crippen LogP contribution is -2.31. The first-order valence-electron chi connectivity index (χ1n) is 13.5. The van der Waals surface area contributed by atoms with Crippen LogP contribution < -0.4 is 5.32 Å². The van der Waals surface area contributed by atoms with E-state index >= 15 is 0 Å². The van der Waals surface area contributed by atoms with Gasteiger partial charge in [0.05, 0.1) is 39.3 Å². The average Bonchev–Trinajstić information content (AvgIpc) is 3.74. The van der Waals surface area contributed by atoms with E-state index in [-0.39, 0.29) is 18.1 Å². The molecule has 11 heteroatoms. The lowest BCUT2D eigenvalue weighted by Gasteiger charge is -2.21. The smallest absolute Gasteiger partial charge is 0.271 e. The molecule has 6 rings (SSSR count). The Labute approximate surface area is 239 Å². The summed E-state index contributed by atoms with van der Waals surface area (Å²) < 4.78 is 13.8. The lowest BCUT2D eigenvalue weighted by atomic mass is 10.3. The van der Waals surface area contributed by atoms with Crippen molar-refractivity contribution in [3.8, 4) is 0 Å². The van der Waals surface area contributed by atoms with Crippen LogP contribution in [-0.4, -0.2) is 60.3 Å². The number of imidazole rings is 2. The summed E-state index contributed by atoms with van der Waals surface area (Å²) in [7, 11) is 0. The van der Waals surface area contributed by atoms with Crippen molar-refractivity contribution in [2.75, 3.05) is 19.6 Å². The van der Waals surface area contributed by atoms with Crippen LogP contribution in [0.5, 0.6) is 0 Å². The molecule has 0 saturated heterocycles. The number of rotatable bonds is 12. The number of carbonyl (C=O) groups excluding carboxylic acids is 1. The van der Waals surface area contributed by atoms with Gasteiger partial charge in [-0.25, -0.2) is 19.3 Å². The van der Waals surface area contributed by atoms with E-state index in [1.807, 2.05) is 48.5 Å². The molecular formula is C30H29FN8OS. The number of benzene rings is 2. The molecule has 0 aliphatic carbocycles. The maximum Gasteiger partial charge on any atom is 0.271 e. The summed E-state index contributed by atoms with van der Waals surface area (Å²) in [5, 5.41) is 5.32. The molecule has 0 radical (unpaired) electrons. The molecule has 208 valence electrons. The average molecular weight is 569 g/mol. The molecule has 0 aliphatic heterocycles. The number of hydrogen-bond donors (Lipinski definition) is 3. The van der Waals surface area contributed by atoms with E-state index in [4.69, 9.17) is 9.97 Å². The van der Waals surface area contributed by atoms with Crippen LogP contribution in [0.1, 0.15) is 32.8 Å². The van der Waals surface area contributed by atoms with Gasteiger partial charge in [-0.05, 0) is 36.4 Å². The topological polar surface area (TPSA) is 115 Å². The SMILES string of the molecule is O=C(NCc1ncccc1F)c1csc(CCN(CCc2nc3ccccc3[nH]2)CCc2nc3ccccc3[nH]2)n1. The van der Waals surface area contributed by atoms with E-state index in [0.29, 0.717) is 12.1 Å². The zero-order valence-corrected chi connectivity index (χ0v) is 23.1. The monoisotopic (exact) mass is 568 g/mol. The molecule has 1 amide bonds. The number of amides is 1. The van der Waals surface area contributed by atoms with Gasteiger partial charge in [-0.1, -0.05) is 24.3 Å². The van der Waals surface area contributed by atoms with E-state index in [0.717, 1.165) is 71.2 Å². The minimum absolute atomic E-state index is 0.00965. The summed E-state index contributed by atoms with van der Waals surface area (Å²) in [6, 6.07) is 18.9. The van der Waals surface area contributed by atoms with Gasteiger partial charge in [0.25, 0.3) is 5.91 Å². The third kappa shape index (κ3) is 6.64. The third-order valence-corrected chi connectivity index (χ3v) is 7.79. The normalized spacial score (nSPS) is 11.6. The molecule has 4 heterocycles. The minimum atomic E-state index is -0.447. The number of aromatic amines is 2. The van der Waals surface area contributed by atoms with Crippen LogP contribution in [0.15, 0.2) is 72.2 Å². The van der Waals surface area contributed by atoms with Gasteiger partial charge >= 0.3 is 0 Å². The van der Waals surface area contributed by atoms with Crippen molar-refractivity contribution in [3.05, 3.63) is 106 Å². The number of nitrogens with one attached hydrogen (secondary N) is 3. The highest BCUT2D eigenvalue weighted by Crippen LogP contribution is 2.15. The second-order valence-corrected chi connectivity index (χ2v) is 10.7. The van der Waals surface area contributed by atoms with Gasteiger partial charge in [-0.15, -0.1) is 11.3 Å². The number of aromatic nitrogens is 6. The number of nitrogens with zero attached hydrogens (tertiary/aromatic N) is 5. The standard InChI is InChI=1S/C30H29FN8OS/c31-20-6-5-14-32-25(20)18-33-30(40)26-19-41-29(38-26)13-17-39(15-11-27-34-21-7-1-2-8-22(21)35-27)16-12-28-36-23-9-3-4-10-24(23)37-28/h1-10,14,19H,11-13,15-18H2,(H,33,40)(H,34,35)(H,36,37). The number of thiazole rings is 1. The van der Waals surface area contributed by atoms with Crippen LogP contribution in [-0.2, 0) is 25.8 Å². The highest BCUT2D eigenvalue weighted by atomic mass is 32.1. The fourth-order valence-electron chi connectivity index (χ4n) is 4.70. The zero-order chi connectivity index (χ0) is 28.0. The number of pyridine rings is 1. The summed E-state index contributed by atoms with van der Waals surface area (Å²) in [5.41, 5.74) is 4.54. The first kappa shape index (κ1) is 26.7. The number of para-hydroxylation sites is 4. The van der Waals surface area contributed by atoms with Crippen molar-refractivity contribution in [2.24, 2.45) is 0 Å². The van der Waals surface area contributed by atoms with Crippen molar-refractivity contribution < 1.29 is 9.18 Å². The second kappa shape index (κ2) is 12.4.